The number of hydrogen-bond donors (Lipinski definition) is 2. The third kappa shape index (κ3) is 4.81. The Hall–Kier alpha value is -2.36. The van der Waals surface area contributed by atoms with E-state index in [-0.39, 0.29) is 23.8 Å². The number of nitrogens with one attached hydrogen (secondary N) is 2. The second-order valence-corrected chi connectivity index (χ2v) is 6.38. The molecule has 0 aromatic heterocycles. The van der Waals surface area contributed by atoms with Gasteiger partial charge in [0.25, 0.3) is 0 Å². The van der Waals surface area contributed by atoms with Crippen LogP contribution in [0.2, 0.25) is 0 Å². The summed E-state index contributed by atoms with van der Waals surface area (Å²) in [4.78, 5) is 11.9. The Morgan fingerprint density at radius 2 is 1.70 bits per heavy atom. The van der Waals surface area contributed by atoms with E-state index >= 15 is 0 Å². The molecule has 0 heterocycles. The Balaban J connectivity index is 1.86. The van der Waals surface area contributed by atoms with E-state index in [1.165, 1.54) is 11.6 Å². The molecule has 2 aromatic carbocycles. The number of carbonyl (C=O) groups is 1. The highest BCUT2D eigenvalue weighted by Gasteiger charge is 2.21. The average Bonchev–Trinajstić information content (AvgIpc) is 2.53. The van der Waals surface area contributed by atoms with E-state index in [1.807, 2.05) is 6.92 Å². The summed E-state index contributed by atoms with van der Waals surface area (Å²) in [6.45, 7) is 6.87. The van der Waals surface area contributed by atoms with Gasteiger partial charge in [-0.15, -0.1) is 0 Å². The van der Waals surface area contributed by atoms with Crippen molar-refractivity contribution in [3.8, 4) is 0 Å². The fourth-order valence-electron chi connectivity index (χ4n) is 2.29. The van der Waals surface area contributed by atoms with Gasteiger partial charge in [0.2, 0.25) is 0 Å². The first-order valence-electron chi connectivity index (χ1n) is 7.71. The Morgan fingerprint density at radius 1 is 1.04 bits per heavy atom. The quantitative estimate of drug-likeness (QED) is 0.863. The van der Waals surface area contributed by atoms with Gasteiger partial charge in [-0.2, -0.15) is 0 Å². The van der Waals surface area contributed by atoms with E-state index in [0.29, 0.717) is 12.1 Å². The van der Waals surface area contributed by atoms with Crippen molar-refractivity contribution in [1.82, 2.24) is 10.6 Å². The van der Waals surface area contributed by atoms with E-state index in [0.717, 1.165) is 5.56 Å². The van der Waals surface area contributed by atoms with Crippen molar-refractivity contribution in [3.63, 3.8) is 0 Å². The number of hydrogen-bond acceptors (Lipinski definition) is 1. The van der Waals surface area contributed by atoms with Crippen LogP contribution in [0.5, 0.6) is 0 Å². The number of rotatable bonds is 5. The molecule has 2 N–H and O–H groups in total. The number of benzene rings is 2. The van der Waals surface area contributed by atoms with Crippen molar-refractivity contribution in [2.45, 2.75) is 32.7 Å². The zero-order valence-corrected chi connectivity index (χ0v) is 13.8. The average molecular weight is 314 g/mol. The van der Waals surface area contributed by atoms with Gasteiger partial charge in [-0.1, -0.05) is 61.9 Å². The number of urea groups is 1. The maximum Gasteiger partial charge on any atom is 0.315 e. The van der Waals surface area contributed by atoms with Gasteiger partial charge < -0.3 is 10.6 Å². The third-order valence-electron chi connectivity index (χ3n) is 3.92. The highest BCUT2D eigenvalue weighted by Crippen LogP contribution is 2.22. The van der Waals surface area contributed by atoms with Gasteiger partial charge in [-0.05, 0) is 18.6 Å². The van der Waals surface area contributed by atoms with Crippen molar-refractivity contribution >= 4 is 6.03 Å². The van der Waals surface area contributed by atoms with Crippen LogP contribution in [0.3, 0.4) is 0 Å². The summed E-state index contributed by atoms with van der Waals surface area (Å²) in [5.74, 6) is -0.312. The third-order valence-corrected chi connectivity index (χ3v) is 3.92. The minimum absolute atomic E-state index is 0.170. The van der Waals surface area contributed by atoms with E-state index in [9.17, 15) is 9.18 Å². The summed E-state index contributed by atoms with van der Waals surface area (Å²) in [6.07, 6.45) is 0. The predicted octanol–water partition coefficient (Wildman–Crippen LogP) is 3.91. The molecule has 2 amide bonds. The minimum Gasteiger partial charge on any atom is -0.337 e. The molecular formula is C19H23FN2O. The number of carbonyl (C=O) groups excluding carboxylic acids is 1. The van der Waals surface area contributed by atoms with Gasteiger partial charge in [0.05, 0.1) is 0 Å². The van der Waals surface area contributed by atoms with Crippen molar-refractivity contribution in [3.05, 3.63) is 71.0 Å². The Kier molecular flexibility index (Phi) is 5.37. The number of halogens is 1. The fraction of sp³-hybridized carbons (Fsp3) is 0.316. The molecule has 0 saturated carbocycles. The molecule has 0 atom stereocenters. The molecule has 0 saturated heterocycles. The number of amides is 2. The second-order valence-electron chi connectivity index (χ2n) is 6.38. The van der Waals surface area contributed by atoms with Crippen molar-refractivity contribution in [1.29, 1.82) is 0 Å². The number of aryl methyl sites for hydroxylation is 1. The van der Waals surface area contributed by atoms with Gasteiger partial charge in [0.15, 0.2) is 0 Å². The molecule has 0 spiro atoms. The van der Waals surface area contributed by atoms with Crippen LogP contribution in [0.25, 0.3) is 0 Å². The second kappa shape index (κ2) is 7.27. The van der Waals surface area contributed by atoms with Gasteiger partial charge in [0, 0.05) is 24.1 Å². The first kappa shape index (κ1) is 17.0. The highest BCUT2D eigenvalue weighted by atomic mass is 19.1. The van der Waals surface area contributed by atoms with Gasteiger partial charge in [0.1, 0.15) is 5.82 Å². The maximum atomic E-state index is 13.5. The van der Waals surface area contributed by atoms with Crippen LogP contribution in [0.15, 0.2) is 48.5 Å². The van der Waals surface area contributed by atoms with Crippen molar-refractivity contribution < 1.29 is 9.18 Å². The highest BCUT2D eigenvalue weighted by molar-refractivity contribution is 5.74. The van der Waals surface area contributed by atoms with Crippen LogP contribution < -0.4 is 10.6 Å². The molecule has 0 aliphatic rings. The first-order chi connectivity index (χ1) is 10.9. The van der Waals surface area contributed by atoms with E-state index in [4.69, 9.17) is 0 Å². The summed E-state index contributed by atoms with van der Waals surface area (Å²) >= 11 is 0. The molecule has 3 nitrogen and oxygen atoms in total. The van der Waals surface area contributed by atoms with E-state index < -0.39 is 0 Å². The van der Waals surface area contributed by atoms with E-state index in [1.54, 1.807) is 18.2 Å². The molecule has 0 aliphatic heterocycles. The van der Waals surface area contributed by atoms with Gasteiger partial charge in [-0.25, -0.2) is 9.18 Å². The summed E-state index contributed by atoms with van der Waals surface area (Å²) in [5, 5.41) is 5.54. The van der Waals surface area contributed by atoms with Crippen LogP contribution in [-0.2, 0) is 12.0 Å². The Bertz CT molecular complexity index is 665. The summed E-state index contributed by atoms with van der Waals surface area (Å²) in [6, 6.07) is 14.4. The topological polar surface area (TPSA) is 41.1 Å². The molecule has 0 fully saturated rings. The lowest BCUT2D eigenvalue weighted by Gasteiger charge is -2.26. The first-order valence-corrected chi connectivity index (χ1v) is 7.71. The lowest BCUT2D eigenvalue weighted by atomic mass is 9.84. The molecule has 2 aromatic rings. The standard InChI is InChI=1S/C19H23FN2O/c1-14-8-10-16(11-9-14)19(2,3)13-22-18(23)21-12-15-6-4-5-7-17(15)20/h4-11H,12-13H2,1-3H3,(H2,21,22,23). The smallest absolute Gasteiger partial charge is 0.315 e. The Labute approximate surface area is 136 Å². The van der Waals surface area contributed by atoms with Crippen LogP contribution in [0.1, 0.15) is 30.5 Å². The molecule has 4 heteroatoms. The zero-order chi connectivity index (χ0) is 16.9. The molecule has 122 valence electrons. The molecule has 0 unspecified atom stereocenters. The molecule has 0 aliphatic carbocycles. The zero-order valence-electron chi connectivity index (χ0n) is 13.8. The molecule has 0 radical (unpaired) electrons. The lowest BCUT2D eigenvalue weighted by Crippen LogP contribution is -2.42. The molecule has 23 heavy (non-hydrogen) atoms. The molecule has 0 bridgehead atoms. The van der Waals surface area contributed by atoms with Crippen LogP contribution in [0, 0.1) is 12.7 Å². The normalized spacial score (nSPS) is 11.1. The Morgan fingerprint density at radius 3 is 2.35 bits per heavy atom. The maximum absolute atomic E-state index is 13.5. The monoisotopic (exact) mass is 314 g/mol. The van der Waals surface area contributed by atoms with Crippen molar-refractivity contribution in [2.75, 3.05) is 6.54 Å². The lowest BCUT2D eigenvalue weighted by molar-refractivity contribution is 0.238. The molecular weight excluding hydrogens is 291 g/mol. The van der Waals surface area contributed by atoms with E-state index in [2.05, 4.69) is 48.7 Å². The predicted molar refractivity (Wildman–Crippen MR) is 90.8 cm³/mol. The fourth-order valence-corrected chi connectivity index (χ4v) is 2.29. The molecule has 2 rings (SSSR count). The SMILES string of the molecule is Cc1ccc(C(C)(C)CNC(=O)NCc2ccccc2F)cc1. The summed E-state index contributed by atoms with van der Waals surface area (Å²) in [7, 11) is 0. The summed E-state index contributed by atoms with van der Waals surface area (Å²) < 4.78 is 13.5. The summed E-state index contributed by atoms with van der Waals surface area (Å²) in [5.41, 5.74) is 2.67. The van der Waals surface area contributed by atoms with Gasteiger partial charge >= 0.3 is 6.03 Å². The largest absolute Gasteiger partial charge is 0.337 e. The van der Waals surface area contributed by atoms with Crippen LogP contribution in [-0.4, -0.2) is 12.6 Å². The van der Waals surface area contributed by atoms with Crippen LogP contribution in [0.4, 0.5) is 9.18 Å². The van der Waals surface area contributed by atoms with Crippen LogP contribution >= 0.6 is 0 Å². The minimum atomic E-state index is -0.312. The van der Waals surface area contributed by atoms with Gasteiger partial charge in [-0.3, -0.25) is 0 Å². The van der Waals surface area contributed by atoms with Crippen molar-refractivity contribution in [2.24, 2.45) is 0 Å².